The number of aliphatic hydroxyl groups is 1. The summed E-state index contributed by atoms with van der Waals surface area (Å²) in [6.07, 6.45) is 2.14. The van der Waals surface area contributed by atoms with Crippen LogP contribution in [0.1, 0.15) is 18.1 Å². The zero-order valence-corrected chi connectivity index (χ0v) is 18.1. The van der Waals surface area contributed by atoms with E-state index in [2.05, 4.69) is 26.8 Å². The van der Waals surface area contributed by atoms with E-state index >= 15 is 0 Å². The third-order valence-corrected chi connectivity index (χ3v) is 4.78. The maximum Gasteiger partial charge on any atom is 0.263 e. The number of carbonyl (C=O) groups excluding carboxylic acids is 1. The van der Waals surface area contributed by atoms with Crippen LogP contribution in [0.5, 0.6) is 0 Å². The summed E-state index contributed by atoms with van der Waals surface area (Å²) >= 11 is 0. The number of fused-ring (bicyclic) bond motifs is 1. The normalized spacial score (nSPS) is 11.8. The van der Waals surface area contributed by atoms with Gasteiger partial charge < -0.3 is 20.6 Å². The summed E-state index contributed by atoms with van der Waals surface area (Å²) in [6.45, 7) is 3.03. The molecule has 1 atom stereocenters. The molecule has 1 aromatic carbocycles. The van der Waals surface area contributed by atoms with Crippen molar-refractivity contribution < 1.29 is 9.90 Å². The van der Waals surface area contributed by atoms with Crippen LogP contribution in [0.25, 0.3) is 22.3 Å². The number of anilines is 1. The van der Waals surface area contributed by atoms with Gasteiger partial charge in [-0.3, -0.25) is 4.79 Å². The fourth-order valence-electron chi connectivity index (χ4n) is 3.01. The van der Waals surface area contributed by atoms with Crippen molar-refractivity contribution in [2.75, 3.05) is 33.4 Å². The van der Waals surface area contributed by atoms with Gasteiger partial charge >= 0.3 is 0 Å². The largest absolute Gasteiger partial charge is 0.382 e. The number of rotatable bonds is 5. The molecule has 8 nitrogen and oxygen atoms in total. The number of aliphatic hydroxyl groups excluding tert-OH is 1. The summed E-state index contributed by atoms with van der Waals surface area (Å²) < 4.78 is 0. The molecule has 0 aliphatic carbocycles. The number of pyridine rings is 1. The van der Waals surface area contributed by atoms with E-state index in [-0.39, 0.29) is 0 Å². The Morgan fingerprint density at radius 2 is 2.00 bits per heavy atom. The second-order valence-electron chi connectivity index (χ2n) is 7.47. The van der Waals surface area contributed by atoms with Gasteiger partial charge in [-0.25, -0.2) is 15.0 Å². The second kappa shape index (κ2) is 9.51. The van der Waals surface area contributed by atoms with Crippen molar-refractivity contribution in [2.24, 2.45) is 0 Å². The van der Waals surface area contributed by atoms with Crippen molar-refractivity contribution in [3.8, 4) is 23.2 Å². The molecule has 0 aliphatic heterocycles. The van der Waals surface area contributed by atoms with Crippen LogP contribution in [0.4, 0.5) is 5.82 Å². The van der Waals surface area contributed by atoms with Gasteiger partial charge in [0.1, 0.15) is 11.3 Å². The highest BCUT2D eigenvalue weighted by Gasteiger charge is 2.15. The van der Waals surface area contributed by atoms with E-state index in [1.54, 1.807) is 25.5 Å². The smallest absolute Gasteiger partial charge is 0.263 e. The van der Waals surface area contributed by atoms with Crippen LogP contribution in [0.2, 0.25) is 0 Å². The molecule has 31 heavy (non-hydrogen) atoms. The SMILES string of the molecule is CCN(C)C(=O)[C@H](O)C#Cc1cccc(-c2ncc3c(CN(C)C)cnc(N)c3n2)c1. The molecule has 160 valence electrons. The van der Waals surface area contributed by atoms with Crippen molar-refractivity contribution >= 4 is 22.6 Å². The Balaban J connectivity index is 1.93. The topological polar surface area (TPSA) is 108 Å². The molecule has 0 fully saturated rings. The van der Waals surface area contributed by atoms with Gasteiger partial charge in [0.2, 0.25) is 0 Å². The first-order valence-electron chi connectivity index (χ1n) is 9.90. The van der Waals surface area contributed by atoms with Crippen molar-refractivity contribution in [2.45, 2.75) is 19.6 Å². The number of hydrogen-bond donors (Lipinski definition) is 2. The molecule has 3 N–H and O–H groups in total. The van der Waals surface area contributed by atoms with Crippen LogP contribution < -0.4 is 5.73 Å². The Hall–Kier alpha value is -3.54. The molecule has 3 aromatic rings. The van der Waals surface area contributed by atoms with Crippen LogP contribution in [0.15, 0.2) is 36.7 Å². The number of aromatic nitrogens is 3. The van der Waals surface area contributed by atoms with Gasteiger partial charge in [0.15, 0.2) is 11.9 Å². The highest BCUT2D eigenvalue weighted by atomic mass is 16.3. The summed E-state index contributed by atoms with van der Waals surface area (Å²) in [4.78, 5) is 28.9. The predicted molar refractivity (Wildman–Crippen MR) is 121 cm³/mol. The first-order chi connectivity index (χ1) is 14.8. The van der Waals surface area contributed by atoms with Crippen LogP contribution in [-0.4, -0.2) is 69.6 Å². The minimum atomic E-state index is -1.37. The number of nitrogen functional groups attached to an aromatic ring is 1. The third kappa shape index (κ3) is 5.15. The highest BCUT2D eigenvalue weighted by Crippen LogP contribution is 2.24. The number of nitrogens with zero attached hydrogens (tertiary/aromatic N) is 5. The van der Waals surface area contributed by atoms with Crippen molar-refractivity contribution in [1.29, 1.82) is 0 Å². The van der Waals surface area contributed by atoms with Crippen LogP contribution >= 0.6 is 0 Å². The first-order valence-corrected chi connectivity index (χ1v) is 9.90. The third-order valence-electron chi connectivity index (χ3n) is 4.78. The molecule has 0 aliphatic rings. The van der Waals surface area contributed by atoms with Crippen molar-refractivity contribution in [1.82, 2.24) is 24.8 Å². The van der Waals surface area contributed by atoms with Crippen LogP contribution in [0, 0.1) is 11.8 Å². The van der Waals surface area contributed by atoms with E-state index in [0.717, 1.165) is 16.5 Å². The molecular formula is C23H26N6O2. The Labute approximate surface area is 181 Å². The molecule has 2 heterocycles. The second-order valence-corrected chi connectivity index (χ2v) is 7.47. The van der Waals surface area contributed by atoms with Gasteiger partial charge in [-0.2, -0.15) is 0 Å². The quantitative estimate of drug-likeness (QED) is 0.605. The summed E-state index contributed by atoms with van der Waals surface area (Å²) in [5.74, 6) is 5.85. The Bertz CT molecular complexity index is 1170. The van der Waals surface area contributed by atoms with Crippen molar-refractivity contribution in [3.05, 3.63) is 47.8 Å². The predicted octanol–water partition coefficient (Wildman–Crippen LogP) is 1.53. The average Bonchev–Trinajstić information content (AvgIpc) is 2.78. The van der Waals surface area contributed by atoms with Gasteiger partial charge in [0.25, 0.3) is 5.91 Å². The molecule has 1 amide bonds. The van der Waals surface area contributed by atoms with E-state index in [0.29, 0.717) is 35.8 Å². The minimum Gasteiger partial charge on any atom is -0.382 e. The molecule has 0 radical (unpaired) electrons. The van der Waals surface area contributed by atoms with Gasteiger partial charge in [-0.15, -0.1) is 0 Å². The summed E-state index contributed by atoms with van der Waals surface area (Å²) in [6, 6.07) is 7.29. The highest BCUT2D eigenvalue weighted by molar-refractivity contribution is 5.90. The van der Waals surface area contributed by atoms with Gasteiger partial charge in [-0.1, -0.05) is 24.0 Å². The first kappa shape index (κ1) is 22.2. The van der Waals surface area contributed by atoms with E-state index in [1.165, 1.54) is 4.90 Å². The van der Waals surface area contributed by atoms with Crippen molar-refractivity contribution in [3.63, 3.8) is 0 Å². The fraction of sp³-hybridized carbons (Fsp3) is 0.304. The average molecular weight is 419 g/mol. The molecule has 3 rings (SSSR count). The molecule has 0 spiro atoms. The number of amides is 1. The van der Waals surface area contributed by atoms with E-state index < -0.39 is 12.0 Å². The lowest BCUT2D eigenvalue weighted by Gasteiger charge is -2.15. The number of nitrogens with two attached hydrogens (primary N) is 1. The Morgan fingerprint density at radius 1 is 1.23 bits per heavy atom. The maximum absolute atomic E-state index is 12.0. The standard InChI is InChI=1S/C23H26N6O2/c1-5-29(4)23(31)19(30)10-9-15-7-6-8-16(11-15)22-26-13-18-17(14-28(2)3)12-25-21(24)20(18)27-22/h6-8,11-13,19,30H,5,14H2,1-4H3,(H2,24,25)/t19-/m1/s1. The zero-order chi connectivity index (χ0) is 22.5. The van der Waals surface area contributed by atoms with Gasteiger partial charge in [-0.05, 0) is 38.7 Å². The minimum absolute atomic E-state index is 0.346. The lowest BCUT2D eigenvalue weighted by Crippen LogP contribution is -2.35. The lowest BCUT2D eigenvalue weighted by molar-refractivity contribution is -0.135. The van der Waals surface area contributed by atoms with Gasteiger partial charge in [0.05, 0.1) is 0 Å². The Kier molecular flexibility index (Phi) is 6.80. The molecule has 2 aromatic heterocycles. The van der Waals surface area contributed by atoms with E-state index in [1.807, 2.05) is 44.1 Å². The fourth-order valence-corrected chi connectivity index (χ4v) is 3.01. The molecule has 0 bridgehead atoms. The number of carbonyl (C=O) groups is 1. The van der Waals surface area contributed by atoms with E-state index in [9.17, 15) is 9.90 Å². The molecule has 0 saturated carbocycles. The molecule has 0 saturated heterocycles. The molecular weight excluding hydrogens is 392 g/mol. The number of likely N-dealkylation sites (N-methyl/N-ethyl adjacent to an activating group) is 1. The number of hydrogen-bond acceptors (Lipinski definition) is 7. The monoisotopic (exact) mass is 418 g/mol. The molecule has 8 heteroatoms. The zero-order valence-electron chi connectivity index (χ0n) is 18.1. The van der Waals surface area contributed by atoms with Crippen LogP contribution in [0.3, 0.4) is 0 Å². The lowest BCUT2D eigenvalue weighted by atomic mass is 10.1. The Morgan fingerprint density at radius 3 is 2.71 bits per heavy atom. The summed E-state index contributed by atoms with van der Waals surface area (Å²) in [5, 5.41) is 10.9. The summed E-state index contributed by atoms with van der Waals surface area (Å²) in [5.41, 5.74) is 9.06. The number of benzene rings is 1. The molecule has 0 unspecified atom stereocenters. The summed E-state index contributed by atoms with van der Waals surface area (Å²) in [7, 11) is 5.58. The van der Waals surface area contributed by atoms with Gasteiger partial charge in [0, 0.05) is 49.0 Å². The maximum atomic E-state index is 12.0. The van der Waals surface area contributed by atoms with Crippen LogP contribution in [-0.2, 0) is 11.3 Å². The van der Waals surface area contributed by atoms with E-state index in [4.69, 9.17) is 5.73 Å².